The molecule has 1 atom stereocenters. The summed E-state index contributed by atoms with van der Waals surface area (Å²) in [6.07, 6.45) is 6.76. The predicted octanol–water partition coefficient (Wildman–Crippen LogP) is 1.69. The minimum atomic E-state index is -0.485. The van der Waals surface area contributed by atoms with E-state index in [1.165, 1.54) is 0 Å². The van der Waals surface area contributed by atoms with E-state index in [0.29, 0.717) is 6.54 Å². The Morgan fingerprint density at radius 2 is 2.11 bits per heavy atom. The van der Waals surface area contributed by atoms with Gasteiger partial charge in [0.25, 0.3) is 5.91 Å². The Labute approximate surface area is 159 Å². The zero-order valence-corrected chi connectivity index (χ0v) is 16.0. The predicted molar refractivity (Wildman–Crippen MR) is 101 cm³/mol. The van der Waals surface area contributed by atoms with Gasteiger partial charge in [-0.2, -0.15) is 0 Å². The van der Waals surface area contributed by atoms with Gasteiger partial charge in [0.15, 0.2) is 6.10 Å². The van der Waals surface area contributed by atoms with Gasteiger partial charge in [-0.1, -0.05) is 6.07 Å². The number of amides is 1. The van der Waals surface area contributed by atoms with Crippen LogP contribution in [-0.4, -0.2) is 50.6 Å². The molecular formula is C20H27N5O2. The van der Waals surface area contributed by atoms with Crippen LogP contribution in [0.25, 0.3) is 0 Å². The van der Waals surface area contributed by atoms with Crippen molar-refractivity contribution in [2.45, 2.75) is 57.5 Å². The van der Waals surface area contributed by atoms with Crippen LogP contribution in [0.4, 0.5) is 0 Å². The number of rotatable bonds is 4. The van der Waals surface area contributed by atoms with E-state index in [1.807, 2.05) is 44.6 Å². The quantitative estimate of drug-likeness (QED) is 0.888. The summed E-state index contributed by atoms with van der Waals surface area (Å²) in [4.78, 5) is 24.0. The molecule has 1 fully saturated rings. The van der Waals surface area contributed by atoms with Gasteiger partial charge in [0.1, 0.15) is 11.4 Å². The summed E-state index contributed by atoms with van der Waals surface area (Å²) in [5.41, 5.74) is 0.593. The second kappa shape index (κ2) is 7.40. The SMILES string of the molecule is CC(C)NC(=O)C1Cn2ccnc2C2(CCN(Cc3ccccn3)CC2)O1. The highest BCUT2D eigenvalue weighted by Gasteiger charge is 2.47. The van der Waals surface area contributed by atoms with E-state index in [4.69, 9.17) is 4.74 Å². The van der Waals surface area contributed by atoms with Gasteiger partial charge in [0.2, 0.25) is 0 Å². The molecule has 1 spiro atoms. The first kappa shape index (κ1) is 18.1. The van der Waals surface area contributed by atoms with E-state index >= 15 is 0 Å². The topological polar surface area (TPSA) is 72.3 Å². The average molecular weight is 369 g/mol. The Morgan fingerprint density at radius 1 is 1.30 bits per heavy atom. The van der Waals surface area contributed by atoms with Crippen LogP contribution in [-0.2, 0) is 28.2 Å². The van der Waals surface area contributed by atoms with Crippen molar-refractivity contribution in [3.63, 3.8) is 0 Å². The number of fused-ring (bicyclic) bond motifs is 2. The normalized spacial score (nSPS) is 22.0. The van der Waals surface area contributed by atoms with Gasteiger partial charge in [0, 0.05) is 44.3 Å². The molecule has 0 saturated carbocycles. The molecule has 2 aliphatic rings. The van der Waals surface area contributed by atoms with Gasteiger partial charge in [-0.05, 0) is 38.8 Å². The van der Waals surface area contributed by atoms with E-state index in [1.54, 1.807) is 0 Å². The minimum Gasteiger partial charge on any atom is -0.352 e. The molecular weight excluding hydrogens is 342 g/mol. The number of likely N-dealkylation sites (tertiary alicyclic amines) is 1. The fraction of sp³-hybridized carbons (Fsp3) is 0.550. The molecule has 2 aliphatic heterocycles. The van der Waals surface area contributed by atoms with Crippen LogP contribution in [0.2, 0.25) is 0 Å². The van der Waals surface area contributed by atoms with Gasteiger partial charge in [-0.3, -0.25) is 14.7 Å². The molecule has 4 rings (SSSR count). The third-order valence-electron chi connectivity index (χ3n) is 5.35. The number of nitrogens with zero attached hydrogens (tertiary/aromatic N) is 4. The first-order chi connectivity index (χ1) is 13.1. The number of piperidine rings is 1. The van der Waals surface area contributed by atoms with Gasteiger partial charge in [-0.15, -0.1) is 0 Å². The molecule has 27 heavy (non-hydrogen) atoms. The third-order valence-corrected chi connectivity index (χ3v) is 5.35. The standard InChI is InChI=1S/C20H27N5O2/c1-15(2)23-18(26)17-14-25-12-9-22-19(25)20(27-17)6-10-24(11-7-20)13-16-5-3-4-8-21-16/h3-5,8-9,12,15,17H,6-7,10-11,13-14H2,1-2H3,(H,23,26). The van der Waals surface area contributed by atoms with E-state index in [-0.39, 0.29) is 11.9 Å². The Hall–Kier alpha value is -2.25. The number of nitrogens with one attached hydrogen (secondary N) is 1. The van der Waals surface area contributed by atoms with Crippen molar-refractivity contribution < 1.29 is 9.53 Å². The Morgan fingerprint density at radius 3 is 2.81 bits per heavy atom. The molecule has 0 bridgehead atoms. The van der Waals surface area contributed by atoms with Crippen molar-refractivity contribution in [1.29, 1.82) is 0 Å². The summed E-state index contributed by atoms with van der Waals surface area (Å²) in [6, 6.07) is 6.11. The summed E-state index contributed by atoms with van der Waals surface area (Å²) >= 11 is 0. The number of carbonyl (C=O) groups is 1. The number of carbonyl (C=O) groups excluding carboxylic acids is 1. The van der Waals surface area contributed by atoms with Crippen LogP contribution in [0.15, 0.2) is 36.8 Å². The third kappa shape index (κ3) is 3.75. The highest BCUT2D eigenvalue weighted by Crippen LogP contribution is 2.40. The number of imidazole rings is 1. The van der Waals surface area contributed by atoms with E-state index < -0.39 is 11.7 Å². The van der Waals surface area contributed by atoms with Crippen molar-refractivity contribution in [3.05, 3.63) is 48.3 Å². The molecule has 2 aromatic heterocycles. The van der Waals surface area contributed by atoms with Crippen molar-refractivity contribution in [1.82, 2.24) is 24.8 Å². The van der Waals surface area contributed by atoms with Crippen molar-refractivity contribution in [2.24, 2.45) is 0 Å². The minimum absolute atomic E-state index is 0.0420. The molecule has 1 unspecified atom stereocenters. The fourth-order valence-electron chi connectivity index (χ4n) is 4.05. The molecule has 7 heteroatoms. The van der Waals surface area contributed by atoms with Gasteiger partial charge >= 0.3 is 0 Å². The van der Waals surface area contributed by atoms with Crippen molar-refractivity contribution in [3.8, 4) is 0 Å². The summed E-state index contributed by atoms with van der Waals surface area (Å²) < 4.78 is 8.51. The summed E-state index contributed by atoms with van der Waals surface area (Å²) in [5, 5.41) is 2.98. The first-order valence-electron chi connectivity index (χ1n) is 9.68. The zero-order chi connectivity index (χ0) is 18.9. The van der Waals surface area contributed by atoms with Gasteiger partial charge < -0.3 is 14.6 Å². The lowest BCUT2D eigenvalue weighted by atomic mass is 9.88. The van der Waals surface area contributed by atoms with Gasteiger partial charge in [-0.25, -0.2) is 4.98 Å². The van der Waals surface area contributed by atoms with Crippen LogP contribution in [0.1, 0.15) is 38.2 Å². The smallest absolute Gasteiger partial charge is 0.251 e. The number of hydrogen-bond acceptors (Lipinski definition) is 5. The zero-order valence-electron chi connectivity index (χ0n) is 16.0. The lowest BCUT2D eigenvalue weighted by Gasteiger charge is -2.45. The number of pyridine rings is 1. The molecule has 0 radical (unpaired) electrons. The molecule has 2 aromatic rings. The van der Waals surface area contributed by atoms with E-state index in [9.17, 15) is 4.79 Å². The number of ether oxygens (including phenoxy) is 1. The Balaban J connectivity index is 1.48. The molecule has 1 N–H and O–H groups in total. The number of aromatic nitrogens is 3. The summed E-state index contributed by atoms with van der Waals surface area (Å²) in [6.45, 7) is 7.07. The number of hydrogen-bond donors (Lipinski definition) is 1. The maximum absolute atomic E-state index is 12.6. The Kier molecular flexibility index (Phi) is 4.97. The monoisotopic (exact) mass is 369 g/mol. The molecule has 0 aliphatic carbocycles. The van der Waals surface area contributed by atoms with Gasteiger partial charge in [0.05, 0.1) is 12.2 Å². The van der Waals surface area contributed by atoms with Crippen LogP contribution in [0, 0.1) is 0 Å². The highest BCUT2D eigenvalue weighted by atomic mass is 16.5. The fourth-order valence-corrected chi connectivity index (χ4v) is 4.05. The molecule has 0 aromatic carbocycles. The van der Waals surface area contributed by atoms with Crippen molar-refractivity contribution in [2.75, 3.05) is 13.1 Å². The largest absolute Gasteiger partial charge is 0.352 e. The summed E-state index contributed by atoms with van der Waals surface area (Å²) in [5.74, 6) is 0.910. The maximum atomic E-state index is 12.6. The van der Waals surface area contributed by atoms with E-state index in [2.05, 4.69) is 30.8 Å². The molecule has 4 heterocycles. The van der Waals surface area contributed by atoms with Crippen molar-refractivity contribution >= 4 is 5.91 Å². The van der Waals surface area contributed by atoms with Crippen LogP contribution >= 0.6 is 0 Å². The van der Waals surface area contributed by atoms with Crippen LogP contribution < -0.4 is 5.32 Å². The first-order valence-corrected chi connectivity index (χ1v) is 9.68. The lowest BCUT2D eigenvalue weighted by molar-refractivity contribution is -0.174. The summed E-state index contributed by atoms with van der Waals surface area (Å²) in [7, 11) is 0. The average Bonchev–Trinajstić information content (AvgIpc) is 3.14. The molecule has 1 amide bonds. The Bertz CT molecular complexity index is 781. The molecule has 7 nitrogen and oxygen atoms in total. The second-order valence-electron chi connectivity index (χ2n) is 7.76. The second-order valence-corrected chi connectivity index (χ2v) is 7.76. The van der Waals surface area contributed by atoms with E-state index in [0.717, 1.165) is 44.0 Å². The lowest BCUT2D eigenvalue weighted by Crippen LogP contribution is -2.54. The molecule has 1 saturated heterocycles. The molecule has 144 valence electrons. The highest BCUT2D eigenvalue weighted by molar-refractivity contribution is 5.81. The maximum Gasteiger partial charge on any atom is 0.251 e. The van der Waals surface area contributed by atoms with Crippen LogP contribution in [0.3, 0.4) is 0 Å². The van der Waals surface area contributed by atoms with Crippen LogP contribution in [0.5, 0.6) is 0 Å².